The summed E-state index contributed by atoms with van der Waals surface area (Å²) in [6.07, 6.45) is 0. The summed E-state index contributed by atoms with van der Waals surface area (Å²) >= 11 is 0. The van der Waals surface area contributed by atoms with Crippen molar-refractivity contribution in [3.8, 4) is 33.4 Å². The van der Waals surface area contributed by atoms with Crippen LogP contribution in [0.1, 0.15) is 22.3 Å². The first-order valence-corrected chi connectivity index (χ1v) is 19.8. The predicted molar refractivity (Wildman–Crippen MR) is 212 cm³/mol. The highest BCUT2D eigenvalue weighted by Gasteiger charge is 2.51. The van der Waals surface area contributed by atoms with Crippen molar-refractivity contribution in [2.45, 2.75) is 5.41 Å². The zero-order valence-electron chi connectivity index (χ0n) is 28.5. The summed E-state index contributed by atoms with van der Waals surface area (Å²) in [5.41, 5.74) is 11.5. The summed E-state index contributed by atoms with van der Waals surface area (Å²) in [7, 11) is -3.48. The average Bonchev–Trinajstić information content (AvgIpc) is 3.66. The van der Waals surface area contributed by atoms with Gasteiger partial charge in [0.05, 0.1) is 5.41 Å². The SMILES string of the molecule is Fc1cccc([Si](c2cccc(F)c2)(c2cccc(F)c2)c2cccc(-c3ccc4c(c3)C3(c5ccccc5-c5ccccc53)c3ccccc3-4)c2)c1. The van der Waals surface area contributed by atoms with Crippen molar-refractivity contribution >= 4 is 28.8 Å². The molecule has 0 aliphatic heterocycles. The Morgan fingerprint density at radius 1 is 0.302 bits per heavy atom. The van der Waals surface area contributed by atoms with Crippen LogP contribution in [0.25, 0.3) is 33.4 Å². The molecule has 0 amide bonds. The molecule has 0 atom stereocenters. The van der Waals surface area contributed by atoms with Gasteiger partial charge in [-0.25, -0.2) is 13.2 Å². The molecule has 1 spiro atoms. The second-order valence-corrected chi connectivity index (χ2v) is 17.8. The molecule has 10 rings (SSSR count). The van der Waals surface area contributed by atoms with Crippen LogP contribution in [0, 0.1) is 17.5 Å². The Morgan fingerprint density at radius 2 is 0.679 bits per heavy atom. The fourth-order valence-corrected chi connectivity index (χ4v) is 14.2. The molecule has 252 valence electrons. The van der Waals surface area contributed by atoms with Crippen molar-refractivity contribution in [2.24, 2.45) is 0 Å². The van der Waals surface area contributed by atoms with E-state index in [1.807, 2.05) is 30.3 Å². The van der Waals surface area contributed by atoms with E-state index in [9.17, 15) is 0 Å². The molecule has 0 fully saturated rings. The summed E-state index contributed by atoms with van der Waals surface area (Å²) in [5, 5.41) is 3.00. The molecule has 0 heterocycles. The third-order valence-corrected chi connectivity index (χ3v) is 16.1. The molecule has 8 aromatic carbocycles. The van der Waals surface area contributed by atoms with Gasteiger partial charge in [-0.15, -0.1) is 0 Å². The Kier molecular flexibility index (Phi) is 7.08. The van der Waals surface area contributed by atoms with Gasteiger partial charge in [-0.1, -0.05) is 146 Å². The fraction of sp³-hybridized carbons (Fsp3) is 0.0204. The number of halogens is 3. The molecule has 0 N–H and O–H groups in total. The van der Waals surface area contributed by atoms with Gasteiger partial charge in [-0.2, -0.15) is 0 Å². The summed E-state index contributed by atoms with van der Waals surface area (Å²) in [5.74, 6) is -1.20. The minimum atomic E-state index is -3.48. The average molecular weight is 705 g/mol. The maximum atomic E-state index is 15.2. The minimum absolute atomic E-state index is 0.399. The summed E-state index contributed by atoms with van der Waals surface area (Å²) in [6, 6.07) is 60.8. The number of rotatable bonds is 5. The molecule has 2 aliphatic carbocycles. The van der Waals surface area contributed by atoms with E-state index in [2.05, 4.69) is 103 Å². The normalized spacial score (nSPS) is 13.3. The van der Waals surface area contributed by atoms with Gasteiger partial charge in [0.1, 0.15) is 17.5 Å². The van der Waals surface area contributed by atoms with Crippen molar-refractivity contribution in [3.05, 3.63) is 228 Å². The van der Waals surface area contributed by atoms with Crippen LogP contribution in [0.2, 0.25) is 0 Å². The van der Waals surface area contributed by atoms with Gasteiger partial charge in [0.25, 0.3) is 0 Å². The highest BCUT2D eigenvalue weighted by atomic mass is 28.3. The van der Waals surface area contributed by atoms with Crippen LogP contribution < -0.4 is 20.7 Å². The first kappa shape index (κ1) is 31.5. The van der Waals surface area contributed by atoms with Crippen molar-refractivity contribution < 1.29 is 13.2 Å². The lowest BCUT2D eigenvalue weighted by Gasteiger charge is -2.35. The molecule has 0 aromatic heterocycles. The zero-order chi connectivity index (χ0) is 35.7. The van der Waals surface area contributed by atoms with Crippen molar-refractivity contribution in [3.63, 3.8) is 0 Å². The first-order chi connectivity index (χ1) is 26.0. The highest BCUT2D eigenvalue weighted by molar-refractivity contribution is 7.19. The predicted octanol–water partition coefficient (Wildman–Crippen LogP) is 9.49. The molecule has 53 heavy (non-hydrogen) atoms. The van der Waals surface area contributed by atoms with Gasteiger partial charge in [-0.05, 0) is 119 Å². The number of fused-ring (bicyclic) bond motifs is 10. The van der Waals surface area contributed by atoms with E-state index >= 15 is 13.2 Å². The van der Waals surface area contributed by atoms with Crippen LogP contribution in [-0.4, -0.2) is 8.07 Å². The lowest BCUT2D eigenvalue weighted by Crippen LogP contribution is -2.75. The van der Waals surface area contributed by atoms with Gasteiger partial charge < -0.3 is 0 Å². The second kappa shape index (κ2) is 11.9. The van der Waals surface area contributed by atoms with Crippen LogP contribution in [0.5, 0.6) is 0 Å². The van der Waals surface area contributed by atoms with Crippen LogP contribution in [0.15, 0.2) is 188 Å². The lowest BCUT2D eigenvalue weighted by atomic mass is 9.70. The van der Waals surface area contributed by atoms with Gasteiger partial charge in [0.2, 0.25) is 0 Å². The Morgan fingerprint density at radius 3 is 1.13 bits per heavy atom. The molecule has 2 aliphatic rings. The fourth-order valence-electron chi connectivity index (χ4n) is 9.37. The monoisotopic (exact) mass is 704 g/mol. The lowest BCUT2D eigenvalue weighted by molar-refractivity contribution is 0.629. The second-order valence-electron chi connectivity index (χ2n) is 14.0. The van der Waals surface area contributed by atoms with E-state index in [1.165, 1.54) is 80.9 Å². The third-order valence-electron chi connectivity index (χ3n) is 11.4. The smallest absolute Gasteiger partial charge is 0.179 e. The first-order valence-electron chi connectivity index (χ1n) is 17.8. The van der Waals surface area contributed by atoms with Gasteiger partial charge in [-0.3, -0.25) is 0 Å². The molecular formula is C49H31F3Si. The Hall–Kier alpha value is -6.23. The maximum Gasteiger partial charge on any atom is 0.179 e. The maximum absolute atomic E-state index is 15.2. The quantitative estimate of drug-likeness (QED) is 0.124. The molecule has 0 radical (unpaired) electrons. The number of benzene rings is 8. The largest absolute Gasteiger partial charge is 0.207 e. The van der Waals surface area contributed by atoms with Crippen molar-refractivity contribution in [1.82, 2.24) is 0 Å². The molecule has 0 unspecified atom stereocenters. The Bertz CT molecular complexity index is 2570. The molecule has 0 saturated carbocycles. The molecule has 0 nitrogen and oxygen atoms in total. The summed E-state index contributed by atoms with van der Waals surface area (Å²) in [6.45, 7) is 0. The Balaban J connectivity index is 1.24. The number of hydrogen-bond donors (Lipinski definition) is 0. The molecule has 8 aromatic rings. The van der Waals surface area contributed by atoms with E-state index in [0.29, 0.717) is 15.6 Å². The van der Waals surface area contributed by atoms with E-state index < -0.39 is 30.9 Å². The summed E-state index contributed by atoms with van der Waals surface area (Å²) < 4.78 is 45.7. The molecule has 4 heteroatoms. The van der Waals surface area contributed by atoms with E-state index in [0.717, 1.165) is 16.3 Å². The third kappa shape index (κ3) is 4.49. The highest BCUT2D eigenvalue weighted by Crippen LogP contribution is 2.62. The Labute approximate surface area is 307 Å². The standard InChI is InChI=1S/C49H31F3Si/c50-34-12-8-16-38(29-34)53(39-17-9-13-35(51)30-39,40-18-10-14-36(52)31-40)37-15-7-11-32(27-37)33-25-26-44-43-21-3-6-24-47(43)49(48(44)28-33)45-22-4-1-19-41(45)42-20-2-5-23-46(42)49/h1-31H. The topological polar surface area (TPSA) is 0 Å². The van der Waals surface area contributed by atoms with Gasteiger partial charge in [0, 0.05) is 0 Å². The molecular weight excluding hydrogens is 674 g/mol. The van der Waals surface area contributed by atoms with E-state index in [-0.39, 0.29) is 0 Å². The summed E-state index contributed by atoms with van der Waals surface area (Å²) in [4.78, 5) is 0. The van der Waals surface area contributed by atoms with E-state index in [1.54, 1.807) is 18.2 Å². The van der Waals surface area contributed by atoms with Crippen LogP contribution in [0.4, 0.5) is 13.2 Å². The molecule has 0 bridgehead atoms. The van der Waals surface area contributed by atoms with Crippen LogP contribution in [0.3, 0.4) is 0 Å². The van der Waals surface area contributed by atoms with Crippen molar-refractivity contribution in [2.75, 3.05) is 0 Å². The van der Waals surface area contributed by atoms with Crippen LogP contribution in [-0.2, 0) is 5.41 Å². The van der Waals surface area contributed by atoms with Gasteiger partial charge >= 0.3 is 0 Å². The minimum Gasteiger partial charge on any atom is -0.207 e. The zero-order valence-corrected chi connectivity index (χ0v) is 29.5. The van der Waals surface area contributed by atoms with E-state index in [4.69, 9.17) is 0 Å². The van der Waals surface area contributed by atoms with Crippen molar-refractivity contribution in [1.29, 1.82) is 0 Å². The number of hydrogen-bond acceptors (Lipinski definition) is 0. The van der Waals surface area contributed by atoms with Crippen LogP contribution >= 0.6 is 0 Å². The van der Waals surface area contributed by atoms with Gasteiger partial charge in [0.15, 0.2) is 8.07 Å². The molecule has 0 saturated heterocycles.